The van der Waals surface area contributed by atoms with Gasteiger partial charge in [0.05, 0.1) is 11.5 Å². The largest absolute Gasteiger partial charge is 0.228 e. The molecule has 0 aliphatic heterocycles. The monoisotopic (exact) mass is 302 g/mol. The van der Waals surface area contributed by atoms with E-state index >= 15 is 0 Å². The normalized spacial score (nSPS) is 18.3. The van der Waals surface area contributed by atoms with Crippen LogP contribution in [0.3, 0.4) is 0 Å². The van der Waals surface area contributed by atoms with Crippen LogP contribution in [0.25, 0.3) is 0 Å². The standard InChI is InChI=1S/C12H15BrO2S/c13-9-12(6-7-12)10-16(14,15)8-11-4-2-1-3-5-11/h1-5H,6-10H2. The second-order valence-corrected chi connectivity index (χ2v) is 7.28. The van der Waals surface area contributed by atoms with Crippen LogP contribution in [0.5, 0.6) is 0 Å². The Morgan fingerprint density at radius 1 is 1.19 bits per heavy atom. The van der Waals surface area contributed by atoms with Crippen LogP contribution in [0.1, 0.15) is 18.4 Å². The third kappa shape index (κ3) is 3.08. The third-order valence-corrected chi connectivity index (χ3v) is 6.01. The van der Waals surface area contributed by atoms with Crippen LogP contribution in [-0.2, 0) is 15.6 Å². The second-order valence-electron chi connectivity index (χ2n) is 4.65. The van der Waals surface area contributed by atoms with Crippen molar-refractivity contribution >= 4 is 25.8 Å². The van der Waals surface area contributed by atoms with Gasteiger partial charge in [-0.1, -0.05) is 46.3 Å². The fraction of sp³-hybridized carbons (Fsp3) is 0.500. The van der Waals surface area contributed by atoms with Crippen molar-refractivity contribution in [2.45, 2.75) is 18.6 Å². The molecule has 1 saturated carbocycles. The van der Waals surface area contributed by atoms with E-state index in [2.05, 4.69) is 15.9 Å². The fourth-order valence-electron chi connectivity index (χ4n) is 1.84. The maximum atomic E-state index is 12.0. The maximum Gasteiger partial charge on any atom is 0.155 e. The zero-order chi connectivity index (χ0) is 11.6. The van der Waals surface area contributed by atoms with Crippen molar-refractivity contribution in [2.24, 2.45) is 5.41 Å². The van der Waals surface area contributed by atoms with Crippen LogP contribution in [0.2, 0.25) is 0 Å². The number of alkyl halides is 1. The van der Waals surface area contributed by atoms with E-state index in [-0.39, 0.29) is 11.2 Å². The Kier molecular flexibility index (Phi) is 3.40. The Bertz CT molecular complexity index is 449. The van der Waals surface area contributed by atoms with E-state index in [0.29, 0.717) is 5.75 Å². The molecule has 0 N–H and O–H groups in total. The summed E-state index contributed by atoms with van der Waals surface area (Å²) in [6.45, 7) is 0. The summed E-state index contributed by atoms with van der Waals surface area (Å²) >= 11 is 3.41. The molecule has 0 bridgehead atoms. The summed E-state index contributed by atoms with van der Waals surface area (Å²) < 4.78 is 24.0. The number of hydrogen-bond donors (Lipinski definition) is 0. The van der Waals surface area contributed by atoms with Crippen molar-refractivity contribution in [3.8, 4) is 0 Å². The zero-order valence-corrected chi connectivity index (χ0v) is 11.4. The summed E-state index contributed by atoms with van der Waals surface area (Å²) in [6, 6.07) is 9.39. The number of rotatable bonds is 5. The molecular weight excluding hydrogens is 288 g/mol. The molecule has 0 heterocycles. The summed E-state index contributed by atoms with van der Waals surface area (Å²) in [5.74, 6) is 0.489. The molecule has 2 nitrogen and oxygen atoms in total. The highest BCUT2D eigenvalue weighted by molar-refractivity contribution is 9.09. The summed E-state index contributed by atoms with van der Waals surface area (Å²) in [7, 11) is -2.97. The van der Waals surface area contributed by atoms with Gasteiger partial charge in [0, 0.05) is 5.33 Å². The van der Waals surface area contributed by atoms with Gasteiger partial charge in [-0.2, -0.15) is 0 Å². The van der Waals surface area contributed by atoms with Gasteiger partial charge in [-0.25, -0.2) is 8.42 Å². The van der Waals surface area contributed by atoms with E-state index < -0.39 is 9.84 Å². The van der Waals surface area contributed by atoms with Crippen molar-refractivity contribution < 1.29 is 8.42 Å². The average Bonchev–Trinajstić information content (AvgIpc) is 2.98. The first kappa shape index (κ1) is 12.1. The quantitative estimate of drug-likeness (QED) is 0.784. The molecule has 0 radical (unpaired) electrons. The Balaban J connectivity index is 2.04. The van der Waals surface area contributed by atoms with E-state index in [1.54, 1.807) is 0 Å². The molecule has 0 unspecified atom stereocenters. The molecular formula is C12H15BrO2S. The lowest BCUT2D eigenvalue weighted by atomic mass is 10.2. The summed E-state index contributed by atoms with van der Waals surface area (Å²) in [5.41, 5.74) is 0.918. The molecule has 0 saturated heterocycles. The Morgan fingerprint density at radius 2 is 1.81 bits per heavy atom. The summed E-state index contributed by atoms with van der Waals surface area (Å²) in [4.78, 5) is 0. The predicted molar refractivity (Wildman–Crippen MR) is 69.4 cm³/mol. The van der Waals surface area contributed by atoms with E-state index in [1.165, 1.54) is 0 Å². The summed E-state index contributed by atoms with van der Waals surface area (Å²) in [6.07, 6.45) is 2.07. The van der Waals surface area contributed by atoms with Crippen LogP contribution in [0.4, 0.5) is 0 Å². The van der Waals surface area contributed by atoms with Crippen molar-refractivity contribution in [3.05, 3.63) is 35.9 Å². The van der Waals surface area contributed by atoms with Gasteiger partial charge in [0.1, 0.15) is 0 Å². The minimum absolute atomic E-state index is 0.0353. The average molecular weight is 303 g/mol. The van der Waals surface area contributed by atoms with Crippen molar-refractivity contribution in [3.63, 3.8) is 0 Å². The van der Waals surface area contributed by atoms with Crippen molar-refractivity contribution in [2.75, 3.05) is 11.1 Å². The third-order valence-electron chi connectivity index (χ3n) is 3.00. The first-order chi connectivity index (χ1) is 7.55. The first-order valence-corrected chi connectivity index (χ1v) is 8.30. The number of hydrogen-bond acceptors (Lipinski definition) is 2. The molecule has 1 fully saturated rings. The van der Waals surface area contributed by atoms with Gasteiger partial charge in [-0.3, -0.25) is 0 Å². The second kappa shape index (κ2) is 4.49. The van der Waals surface area contributed by atoms with Gasteiger partial charge in [0.2, 0.25) is 0 Å². The zero-order valence-electron chi connectivity index (χ0n) is 9.02. The SMILES string of the molecule is O=S(=O)(Cc1ccccc1)CC1(CBr)CC1. The van der Waals surface area contributed by atoms with E-state index in [1.807, 2.05) is 30.3 Å². The van der Waals surface area contributed by atoms with E-state index in [0.717, 1.165) is 23.7 Å². The first-order valence-electron chi connectivity index (χ1n) is 5.36. The highest BCUT2D eigenvalue weighted by Crippen LogP contribution is 2.48. The summed E-state index contributed by atoms with van der Waals surface area (Å²) in [5, 5.41) is 0.800. The molecule has 4 heteroatoms. The topological polar surface area (TPSA) is 34.1 Å². The predicted octanol–water partition coefficient (Wildman–Crippen LogP) is 2.78. The van der Waals surface area contributed by atoms with Crippen molar-refractivity contribution in [1.29, 1.82) is 0 Å². The van der Waals surface area contributed by atoms with Crippen LogP contribution in [0.15, 0.2) is 30.3 Å². The van der Waals surface area contributed by atoms with Gasteiger partial charge >= 0.3 is 0 Å². The van der Waals surface area contributed by atoms with Crippen LogP contribution < -0.4 is 0 Å². The lowest BCUT2D eigenvalue weighted by molar-refractivity contribution is 0.571. The van der Waals surface area contributed by atoms with Gasteiger partial charge < -0.3 is 0 Å². The lowest BCUT2D eigenvalue weighted by Crippen LogP contribution is -2.20. The molecule has 2 rings (SSSR count). The maximum absolute atomic E-state index is 12.0. The van der Waals surface area contributed by atoms with E-state index in [4.69, 9.17) is 0 Å². The van der Waals surface area contributed by atoms with Gasteiger partial charge in [0.15, 0.2) is 9.84 Å². The molecule has 0 amide bonds. The molecule has 0 atom stereocenters. The van der Waals surface area contributed by atoms with Crippen LogP contribution >= 0.6 is 15.9 Å². The van der Waals surface area contributed by atoms with Gasteiger partial charge in [0.25, 0.3) is 0 Å². The minimum atomic E-state index is -2.97. The fourth-order valence-corrected chi connectivity index (χ4v) is 4.99. The molecule has 0 spiro atoms. The molecule has 16 heavy (non-hydrogen) atoms. The molecule has 1 aromatic carbocycles. The molecule has 88 valence electrons. The van der Waals surface area contributed by atoms with Crippen LogP contribution in [-0.4, -0.2) is 19.5 Å². The Morgan fingerprint density at radius 3 is 2.31 bits per heavy atom. The number of sulfone groups is 1. The highest BCUT2D eigenvalue weighted by Gasteiger charge is 2.44. The molecule has 1 aliphatic carbocycles. The Labute approximate surface area is 105 Å². The van der Waals surface area contributed by atoms with Gasteiger partial charge in [-0.15, -0.1) is 0 Å². The smallest absolute Gasteiger partial charge is 0.155 e. The number of halogens is 1. The van der Waals surface area contributed by atoms with Gasteiger partial charge in [-0.05, 0) is 23.8 Å². The molecule has 1 aromatic rings. The molecule has 0 aromatic heterocycles. The number of benzene rings is 1. The van der Waals surface area contributed by atoms with Crippen LogP contribution in [0, 0.1) is 5.41 Å². The highest BCUT2D eigenvalue weighted by atomic mass is 79.9. The molecule has 1 aliphatic rings. The minimum Gasteiger partial charge on any atom is -0.228 e. The van der Waals surface area contributed by atoms with Crippen molar-refractivity contribution in [1.82, 2.24) is 0 Å². The Hall–Kier alpha value is -0.350. The van der Waals surface area contributed by atoms with E-state index in [9.17, 15) is 8.42 Å². The lowest BCUT2D eigenvalue weighted by Gasteiger charge is -2.11.